The molecule has 0 saturated heterocycles. The van der Waals surface area contributed by atoms with Gasteiger partial charge in [0.2, 0.25) is 0 Å². The van der Waals surface area contributed by atoms with E-state index in [1.54, 1.807) is 17.5 Å². The first-order chi connectivity index (χ1) is 10.4. The van der Waals surface area contributed by atoms with Crippen LogP contribution in [0.2, 0.25) is 0 Å². The Morgan fingerprint density at radius 2 is 2.05 bits per heavy atom. The smallest absolute Gasteiger partial charge is 0.115 e. The molecule has 1 aromatic heterocycles. The predicted octanol–water partition coefficient (Wildman–Crippen LogP) is 2.86. The molecule has 2 aliphatic rings. The molecule has 21 heavy (non-hydrogen) atoms. The van der Waals surface area contributed by atoms with Gasteiger partial charge in [0.05, 0.1) is 0 Å². The molecule has 1 saturated carbocycles. The zero-order valence-electron chi connectivity index (χ0n) is 12.3. The molecule has 1 aromatic carbocycles. The first kappa shape index (κ1) is 13.0. The van der Waals surface area contributed by atoms with Crippen molar-refractivity contribution in [1.82, 2.24) is 15.3 Å². The predicted molar refractivity (Wildman–Crippen MR) is 82.9 cm³/mol. The minimum atomic E-state index is 0.481. The van der Waals surface area contributed by atoms with Gasteiger partial charge in [0.25, 0.3) is 0 Å². The lowest BCUT2D eigenvalue weighted by molar-refractivity contribution is 0.478. The van der Waals surface area contributed by atoms with Crippen molar-refractivity contribution >= 4 is 0 Å². The van der Waals surface area contributed by atoms with Crippen molar-refractivity contribution in [2.75, 3.05) is 6.54 Å². The van der Waals surface area contributed by atoms with Crippen LogP contribution >= 0.6 is 0 Å². The van der Waals surface area contributed by atoms with Gasteiger partial charge in [-0.1, -0.05) is 24.3 Å². The second kappa shape index (κ2) is 5.23. The molecule has 4 rings (SSSR count). The van der Waals surface area contributed by atoms with Gasteiger partial charge in [0, 0.05) is 24.5 Å². The monoisotopic (exact) mass is 279 g/mol. The van der Waals surface area contributed by atoms with Crippen molar-refractivity contribution in [2.45, 2.75) is 37.6 Å². The van der Waals surface area contributed by atoms with E-state index >= 15 is 0 Å². The highest BCUT2D eigenvalue weighted by atomic mass is 14.9. The van der Waals surface area contributed by atoms with Gasteiger partial charge < -0.3 is 5.32 Å². The molecule has 0 radical (unpaired) electrons. The summed E-state index contributed by atoms with van der Waals surface area (Å²) in [5.74, 6) is 0.795. The fourth-order valence-corrected chi connectivity index (χ4v) is 4.05. The van der Waals surface area contributed by atoms with Crippen molar-refractivity contribution in [2.24, 2.45) is 5.92 Å². The van der Waals surface area contributed by atoms with E-state index in [1.807, 2.05) is 12.4 Å². The minimum absolute atomic E-state index is 0.481. The molecule has 1 N–H and O–H groups in total. The molecular formula is C18H21N3. The molecule has 2 aliphatic carbocycles. The van der Waals surface area contributed by atoms with Crippen LogP contribution in [0.25, 0.3) is 0 Å². The van der Waals surface area contributed by atoms with Crippen molar-refractivity contribution in [3.63, 3.8) is 0 Å². The highest BCUT2D eigenvalue weighted by Gasteiger charge is 2.55. The second-order valence-corrected chi connectivity index (χ2v) is 6.45. The van der Waals surface area contributed by atoms with E-state index in [0.717, 1.165) is 24.6 Å². The summed E-state index contributed by atoms with van der Waals surface area (Å²) in [5.41, 5.74) is 4.86. The van der Waals surface area contributed by atoms with E-state index in [2.05, 4.69) is 39.6 Å². The molecule has 1 spiro atoms. The lowest BCUT2D eigenvalue weighted by Gasteiger charge is -2.26. The molecule has 2 aromatic rings. The van der Waals surface area contributed by atoms with Crippen LogP contribution in [0.15, 0.2) is 43.0 Å². The van der Waals surface area contributed by atoms with Gasteiger partial charge in [0.1, 0.15) is 6.33 Å². The standard InChI is InChI=1S/C18H21N3/c1-2-6-17-15(4-1)5-3-7-18(17)8-16(18)12-19-9-14-10-20-13-21-11-14/h1-2,4,6,10-11,13,16,19H,3,5,7-9,12H2/t16-,18+/m1/s1. The summed E-state index contributed by atoms with van der Waals surface area (Å²) in [5, 5.41) is 3.59. The topological polar surface area (TPSA) is 37.8 Å². The van der Waals surface area contributed by atoms with E-state index in [0.29, 0.717) is 5.41 Å². The number of nitrogens with one attached hydrogen (secondary N) is 1. The van der Waals surface area contributed by atoms with Crippen LogP contribution in [0.3, 0.4) is 0 Å². The Morgan fingerprint density at radius 1 is 1.19 bits per heavy atom. The Balaban J connectivity index is 1.40. The lowest BCUT2D eigenvalue weighted by atomic mass is 9.78. The summed E-state index contributed by atoms with van der Waals surface area (Å²) in [6.07, 6.45) is 10.7. The number of nitrogens with zero attached hydrogens (tertiary/aromatic N) is 2. The van der Waals surface area contributed by atoms with Gasteiger partial charge in [-0.2, -0.15) is 0 Å². The first-order valence-electron chi connectivity index (χ1n) is 7.91. The van der Waals surface area contributed by atoms with Crippen molar-refractivity contribution in [3.8, 4) is 0 Å². The highest BCUT2D eigenvalue weighted by molar-refractivity contribution is 5.42. The molecule has 0 amide bonds. The molecule has 1 fully saturated rings. The number of rotatable bonds is 4. The third-order valence-electron chi connectivity index (χ3n) is 5.19. The molecule has 3 nitrogen and oxygen atoms in total. The molecule has 2 atom stereocenters. The van der Waals surface area contributed by atoms with Crippen molar-refractivity contribution in [3.05, 3.63) is 59.7 Å². The van der Waals surface area contributed by atoms with E-state index in [-0.39, 0.29) is 0 Å². The van der Waals surface area contributed by atoms with Gasteiger partial charge in [-0.3, -0.25) is 0 Å². The van der Waals surface area contributed by atoms with Crippen LogP contribution in [0, 0.1) is 5.92 Å². The number of hydrogen-bond acceptors (Lipinski definition) is 3. The number of aromatic nitrogens is 2. The molecule has 0 unspecified atom stereocenters. The Kier molecular flexibility index (Phi) is 3.23. The first-order valence-corrected chi connectivity index (χ1v) is 7.91. The maximum Gasteiger partial charge on any atom is 0.115 e. The van der Waals surface area contributed by atoms with E-state index in [4.69, 9.17) is 0 Å². The average Bonchev–Trinajstić information content (AvgIpc) is 3.22. The van der Waals surface area contributed by atoms with Gasteiger partial charge in [-0.15, -0.1) is 0 Å². The average molecular weight is 279 g/mol. The highest BCUT2D eigenvalue weighted by Crippen LogP contribution is 2.59. The van der Waals surface area contributed by atoms with E-state index in [9.17, 15) is 0 Å². The molecule has 0 bridgehead atoms. The number of fused-ring (bicyclic) bond motifs is 2. The number of benzene rings is 1. The van der Waals surface area contributed by atoms with Crippen molar-refractivity contribution < 1.29 is 0 Å². The number of hydrogen-bond donors (Lipinski definition) is 1. The Hall–Kier alpha value is -1.74. The molecule has 0 aliphatic heterocycles. The van der Waals surface area contributed by atoms with Crippen LogP contribution in [0.4, 0.5) is 0 Å². The zero-order chi connectivity index (χ0) is 14.1. The second-order valence-electron chi connectivity index (χ2n) is 6.45. The lowest BCUT2D eigenvalue weighted by Crippen LogP contribution is -2.24. The third kappa shape index (κ3) is 2.36. The summed E-state index contributed by atoms with van der Waals surface area (Å²) in [6, 6.07) is 9.07. The van der Waals surface area contributed by atoms with Crippen LogP contribution in [-0.4, -0.2) is 16.5 Å². The quantitative estimate of drug-likeness (QED) is 0.935. The van der Waals surface area contributed by atoms with Crippen LogP contribution in [-0.2, 0) is 18.4 Å². The number of aryl methyl sites for hydroxylation is 1. The summed E-state index contributed by atoms with van der Waals surface area (Å²) in [6.45, 7) is 1.97. The van der Waals surface area contributed by atoms with Gasteiger partial charge >= 0.3 is 0 Å². The normalized spacial score (nSPS) is 26.6. The maximum absolute atomic E-state index is 4.06. The zero-order valence-corrected chi connectivity index (χ0v) is 12.3. The fraction of sp³-hybridized carbons (Fsp3) is 0.444. The summed E-state index contributed by atoms with van der Waals surface area (Å²) in [7, 11) is 0. The van der Waals surface area contributed by atoms with Crippen molar-refractivity contribution in [1.29, 1.82) is 0 Å². The van der Waals surface area contributed by atoms with Gasteiger partial charge in [-0.05, 0) is 54.7 Å². The van der Waals surface area contributed by atoms with Crippen LogP contribution in [0.5, 0.6) is 0 Å². The largest absolute Gasteiger partial charge is 0.312 e. The van der Waals surface area contributed by atoms with Gasteiger partial charge in [-0.25, -0.2) is 9.97 Å². The Labute approximate surface area is 125 Å². The molecular weight excluding hydrogens is 258 g/mol. The van der Waals surface area contributed by atoms with Crippen LogP contribution in [0.1, 0.15) is 36.0 Å². The van der Waals surface area contributed by atoms with E-state index < -0.39 is 0 Å². The molecule has 1 heterocycles. The minimum Gasteiger partial charge on any atom is -0.312 e. The van der Waals surface area contributed by atoms with Gasteiger partial charge in [0.15, 0.2) is 0 Å². The molecule has 3 heteroatoms. The molecule has 108 valence electrons. The van der Waals surface area contributed by atoms with E-state index in [1.165, 1.54) is 25.7 Å². The summed E-state index contributed by atoms with van der Waals surface area (Å²) < 4.78 is 0. The summed E-state index contributed by atoms with van der Waals surface area (Å²) >= 11 is 0. The Morgan fingerprint density at radius 3 is 2.95 bits per heavy atom. The summed E-state index contributed by atoms with van der Waals surface area (Å²) in [4.78, 5) is 8.12. The SMILES string of the molecule is c1ccc2c(c1)CCC[C@@]21C[C@@H]1CNCc1cncnc1. The van der Waals surface area contributed by atoms with Crippen LogP contribution < -0.4 is 5.32 Å². The fourth-order valence-electron chi connectivity index (χ4n) is 4.05. The maximum atomic E-state index is 4.06. The Bertz CT molecular complexity index is 625. The third-order valence-corrected chi connectivity index (χ3v) is 5.19.